The molecule has 3 atom stereocenters. The van der Waals surface area contributed by atoms with Gasteiger partial charge in [0.15, 0.2) is 0 Å². The lowest BCUT2D eigenvalue weighted by Crippen LogP contribution is -2.60. The van der Waals surface area contributed by atoms with Crippen LogP contribution in [0.2, 0.25) is 5.02 Å². The van der Waals surface area contributed by atoms with Gasteiger partial charge in [0.2, 0.25) is 5.91 Å². The number of anilines is 1. The minimum atomic E-state index is -0.498. The van der Waals surface area contributed by atoms with E-state index < -0.39 is 18.0 Å². The predicted octanol–water partition coefficient (Wildman–Crippen LogP) is 1.60. The van der Waals surface area contributed by atoms with Crippen LogP contribution in [0.4, 0.5) is 10.1 Å². The molecule has 3 unspecified atom stereocenters. The molecule has 2 aliphatic rings. The molecule has 0 aliphatic carbocycles. The van der Waals surface area contributed by atoms with E-state index in [-0.39, 0.29) is 11.9 Å². The number of carbonyl (C=O) groups excluding carboxylic acids is 1. The third-order valence-corrected chi connectivity index (χ3v) is 4.71. The van der Waals surface area contributed by atoms with Gasteiger partial charge in [-0.2, -0.15) is 0 Å². The number of carbonyl (C=O) groups is 1. The number of amides is 1. The number of aliphatic hydroxyl groups excluding tert-OH is 1. The zero-order chi connectivity index (χ0) is 16.4. The van der Waals surface area contributed by atoms with Crippen LogP contribution < -0.4 is 10.6 Å². The van der Waals surface area contributed by atoms with Crippen LogP contribution in [0.3, 0.4) is 0 Å². The largest absolute Gasteiger partial charge is 0.391 e. The van der Waals surface area contributed by atoms with E-state index in [9.17, 15) is 14.3 Å². The van der Waals surface area contributed by atoms with Gasteiger partial charge in [0.05, 0.1) is 12.1 Å². The highest BCUT2D eigenvalue weighted by Gasteiger charge is 2.37. The number of hydrogen-bond donors (Lipinski definition) is 3. The van der Waals surface area contributed by atoms with Gasteiger partial charge in [0.25, 0.3) is 0 Å². The Hall–Kier alpha value is -1.37. The molecule has 126 valence electrons. The first-order chi connectivity index (χ1) is 11.0. The average molecular weight is 342 g/mol. The molecule has 0 spiro atoms. The Bertz CT molecular complexity index is 566. The van der Waals surface area contributed by atoms with E-state index in [1.54, 1.807) is 11.0 Å². The van der Waals surface area contributed by atoms with E-state index >= 15 is 0 Å². The molecule has 3 rings (SSSR count). The molecule has 2 aliphatic heterocycles. The first-order valence-corrected chi connectivity index (χ1v) is 8.34. The van der Waals surface area contributed by atoms with Gasteiger partial charge in [-0.05, 0) is 44.0 Å². The summed E-state index contributed by atoms with van der Waals surface area (Å²) in [5.41, 5.74) is 0.498. The highest BCUT2D eigenvalue weighted by Crippen LogP contribution is 2.24. The summed E-state index contributed by atoms with van der Waals surface area (Å²) >= 11 is 5.86. The quantitative estimate of drug-likeness (QED) is 0.781. The fourth-order valence-corrected chi connectivity index (χ4v) is 3.57. The number of likely N-dealkylation sites (tertiary alicyclic amines) is 1. The molecule has 0 radical (unpaired) electrons. The number of aliphatic hydroxyl groups is 1. The monoisotopic (exact) mass is 341 g/mol. The van der Waals surface area contributed by atoms with Crippen LogP contribution in [0.25, 0.3) is 0 Å². The van der Waals surface area contributed by atoms with Crippen molar-refractivity contribution < 1.29 is 14.3 Å². The molecular formula is C16H21ClFN3O2. The van der Waals surface area contributed by atoms with Crippen molar-refractivity contribution >= 4 is 23.2 Å². The summed E-state index contributed by atoms with van der Waals surface area (Å²) < 4.78 is 13.4. The summed E-state index contributed by atoms with van der Waals surface area (Å²) in [4.78, 5) is 14.5. The summed E-state index contributed by atoms with van der Waals surface area (Å²) in [5.74, 6) is -0.489. The maximum absolute atomic E-state index is 13.4. The standard InChI is InChI=1S/C16H21ClFN3O2/c17-10-6-11(18)8-12(7-10)20-13-2-1-5-21(16(13)23)14-9-19-4-3-15(14)22/h6-8,13-15,19-20,22H,1-5,9H2. The lowest BCUT2D eigenvalue weighted by Gasteiger charge is -2.42. The minimum absolute atomic E-state index is 0.0515. The number of piperidine rings is 2. The first kappa shape index (κ1) is 16.5. The maximum Gasteiger partial charge on any atom is 0.245 e. The van der Waals surface area contributed by atoms with Crippen molar-refractivity contribution in [3.8, 4) is 0 Å². The molecule has 3 N–H and O–H groups in total. The van der Waals surface area contributed by atoms with Crippen molar-refractivity contribution in [2.75, 3.05) is 25.0 Å². The number of nitrogens with one attached hydrogen (secondary N) is 2. The van der Waals surface area contributed by atoms with E-state index in [4.69, 9.17) is 11.6 Å². The minimum Gasteiger partial charge on any atom is -0.391 e. The fraction of sp³-hybridized carbons (Fsp3) is 0.562. The first-order valence-electron chi connectivity index (χ1n) is 7.96. The van der Waals surface area contributed by atoms with Crippen LogP contribution in [0.15, 0.2) is 18.2 Å². The van der Waals surface area contributed by atoms with Gasteiger partial charge in [-0.25, -0.2) is 4.39 Å². The van der Waals surface area contributed by atoms with Crippen LogP contribution >= 0.6 is 11.6 Å². The van der Waals surface area contributed by atoms with Crippen molar-refractivity contribution in [3.63, 3.8) is 0 Å². The third-order valence-electron chi connectivity index (χ3n) is 4.49. The lowest BCUT2D eigenvalue weighted by atomic mass is 9.96. The summed E-state index contributed by atoms with van der Waals surface area (Å²) in [5, 5.41) is 16.8. The van der Waals surface area contributed by atoms with E-state index in [0.717, 1.165) is 13.0 Å². The second kappa shape index (κ2) is 7.03. The highest BCUT2D eigenvalue weighted by molar-refractivity contribution is 6.30. The van der Waals surface area contributed by atoms with Crippen LogP contribution in [-0.2, 0) is 4.79 Å². The summed E-state index contributed by atoms with van der Waals surface area (Å²) in [7, 11) is 0. The zero-order valence-electron chi connectivity index (χ0n) is 12.8. The van der Waals surface area contributed by atoms with Crippen molar-refractivity contribution in [2.45, 2.75) is 37.5 Å². The van der Waals surface area contributed by atoms with Crippen molar-refractivity contribution in [1.82, 2.24) is 10.2 Å². The van der Waals surface area contributed by atoms with Gasteiger partial charge >= 0.3 is 0 Å². The van der Waals surface area contributed by atoms with Crippen molar-refractivity contribution in [2.24, 2.45) is 0 Å². The van der Waals surface area contributed by atoms with E-state index in [0.29, 0.717) is 36.6 Å². The maximum atomic E-state index is 13.4. The predicted molar refractivity (Wildman–Crippen MR) is 87.0 cm³/mol. The molecule has 1 aromatic rings. The van der Waals surface area contributed by atoms with Crippen LogP contribution in [-0.4, -0.2) is 53.7 Å². The molecule has 7 heteroatoms. The fourth-order valence-electron chi connectivity index (χ4n) is 3.35. The average Bonchev–Trinajstić information content (AvgIpc) is 2.49. The van der Waals surface area contributed by atoms with Crippen molar-refractivity contribution in [1.29, 1.82) is 0 Å². The molecule has 1 aromatic carbocycles. The molecule has 5 nitrogen and oxygen atoms in total. The molecular weight excluding hydrogens is 321 g/mol. The van der Waals surface area contributed by atoms with Gasteiger partial charge < -0.3 is 20.6 Å². The van der Waals surface area contributed by atoms with Crippen molar-refractivity contribution in [3.05, 3.63) is 29.0 Å². The normalized spacial score (nSPS) is 28.7. The molecule has 23 heavy (non-hydrogen) atoms. The summed E-state index contributed by atoms with van der Waals surface area (Å²) in [6, 6.07) is 3.54. The van der Waals surface area contributed by atoms with Crippen LogP contribution in [0.5, 0.6) is 0 Å². The highest BCUT2D eigenvalue weighted by atomic mass is 35.5. The molecule has 0 saturated carbocycles. The van der Waals surface area contributed by atoms with E-state index in [1.807, 2.05) is 0 Å². The van der Waals surface area contributed by atoms with E-state index in [1.165, 1.54) is 12.1 Å². The smallest absolute Gasteiger partial charge is 0.245 e. The summed E-state index contributed by atoms with van der Waals surface area (Å²) in [6.07, 6.45) is 1.67. The number of rotatable bonds is 3. The molecule has 2 fully saturated rings. The number of benzene rings is 1. The lowest BCUT2D eigenvalue weighted by molar-refractivity contribution is -0.140. The number of hydrogen-bond acceptors (Lipinski definition) is 4. The van der Waals surface area contributed by atoms with Gasteiger partial charge in [-0.3, -0.25) is 4.79 Å². The Morgan fingerprint density at radius 3 is 2.91 bits per heavy atom. The molecule has 1 amide bonds. The van der Waals surface area contributed by atoms with Gasteiger partial charge in [-0.1, -0.05) is 11.6 Å². The Labute approximate surface area is 139 Å². The Kier molecular flexibility index (Phi) is 5.04. The van der Waals surface area contributed by atoms with Crippen LogP contribution in [0, 0.1) is 5.82 Å². The van der Waals surface area contributed by atoms with Crippen LogP contribution in [0.1, 0.15) is 19.3 Å². The van der Waals surface area contributed by atoms with Gasteiger partial charge in [-0.15, -0.1) is 0 Å². The Balaban J connectivity index is 1.71. The molecule has 0 aromatic heterocycles. The zero-order valence-corrected chi connectivity index (χ0v) is 13.5. The van der Waals surface area contributed by atoms with Gasteiger partial charge in [0, 0.05) is 23.8 Å². The molecule has 2 saturated heterocycles. The number of nitrogens with zero attached hydrogens (tertiary/aromatic N) is 1. The van der Waals surface area contributed by atoms with Gasteiger partial charge in [0.1, 0.15) is 11.9 Å². The molecule has 0 bridgehead atoms. The number of halogens is 2. The van der Waals surface area contributed by atoms with E-state index in [2.05, 4.69) is 10.6 Å². The SMILES string of the molecule is O=C1C(Nc2cc(F)cc(Cl)c2)CCCN1C1CNCCC1O. The topological polar surface area (TPSA) is 64.6 Å². The second-order valence-electron chi connectivity index (χ2n) is 6.16. The third kappa shape index (κ3) is 3.76. The second-order valence-corrected chi connectivity index (χ2v) is 6.59. The Morgan fingerprint density at radius 2 is 2.17 bits per heavy atom. The molecule has 2 heterocycles. The summed E-state index contributed by atoms with van der Waals surface area (Å²) in [6.45, 7) is 2.01. The Morgan fingerprint density at radius 1 is 1.35 bits per heavy atom.